The average molecular weight is 334 g/mol. The highest BCUT2D eigenvalue weighted by atomic mass is 79.9. The van der Waals surface area contributed by atoms with Crippen molar-refractivity contribution in [3.8, 4) is 17.5 Å². The van der Waals surface area contributed by atoms with Crippen LogP contribution in [0.4, 0.5) is 0 Å². The van der Waals surface area contributed by atoms with Gasteiger partial charge in [-0.25, -0.2) is 9.50 Å². The first-order valence-corrected chi connectivity index (χ1v) is 6.57. The third kappa shape index (κ3) is 2.21. The van der Waals surface area contributed by atoms with Crippen molar-refractivity contribution in [2.75, 3.05) is 0 Å². The zero-order chi connectivity index (χ0) is 13.4. The SMILES string of the molecule is N#Cc1cccc2nc(-c3cc(Cl)cc(Br)c3)nn12. The van der Waals surface area contributed by atoms with Gasteiger partial charge in [0.1, 0.15) is 11.8 Å². The third-order valence-electron chi connectivity index (χ3n) is 2.60. The predicted molar refractivity (Wildman–Crippen MR) is 75.8 cm³/mol. The molecule has 0 N–H and O–H groups in total. The molecule has 92 valence electrons. The second-order valence-electron chi connectivity index (χ2n) is 3.89. The Kier molecular flexibility index (Phi) is 2.97. The van der Waals surface area contributed by atoms with E-state index in [2.05, 4.69) is 32.1 Å². The van der Waals surface area contributed by atoms with Gasteiger partial charge < -0.3 is 0 Å². The molecule has 0 unspecified atom stereocenters. The lowest BCUT2D eigenvalue weighted by molar-refractivity contribution is 0.945. The number of aromatic nitrogens is 3. The van der Waals surface area contributed by atoms with Gasteiger partial charge in [0.25, 0.3) is 0 Å². The van der Waals surface area contributed by atoms with Crippen LogP contribution in [-0.4, -0.2) is 14.6 Å². The summed E-state index contributed by atoms with van der Waals surface area (Å²) in [6.07, 6.45) is 0. The van der Waals surface area contributed by atoms with E-state index in [-0.39, 0.29) is 0 Å². The van der Waals surface area contributed by atoms with Gasteiger partial charge in [-0.2, -0.15) is 5.26 Å². The lowest BCUT2D eigenvalue weighted by Gasteiger charge is -1.97. The number of benzene rings is 1. The Balaban J connectivity index is 2.24. The van der Waals surface area contributed by atoms with Gasteiger partial charge in [-0.05, 0) is 30.3 Å². The van der Waals surface area contributed by atoms with Crippen LogP contribution in [0.1, 0.15) is 5.69 Å². The molecule has 0 aliphatic rings. The van der Waals surface area contributed by atoms with Crippen molar-refractivity contribution in [1.29, 1.82) is 5.26 Å². The second kappa shape index (κ2) is 4.65. The maximum atomic E-state index is 9.04. The molecule has 0 atom stereocenters. The smallest absolute Gasteiger partial charge is 0.182 e. The number of nitrogens with zero attached hydrogens (tertiary/aromatic N) is 4. The van der Waals surface area contributed by atoms with E-state index in [4.69, 9.17) is 16.9 Å². The molecule has 0 fully saturated rings. The minimum atomic E-state index is 0.442. The summed E-state index contributed by atoms with van der Waals surface area (Å²) in [6, 6.07) is 12.8. The van der Waals surface area contributed by atoms with E-state index in [0.717, 1.165) is 10.0 Å². The highest BCUT2D eigenvalue weighted by Gasteiger charge is 2.10. The van der Waals surface area contributed by atoms with Gasteiger partial charge >= 0.3 is 0 Å². The van der Waals surface area contributed by atoms with Gasteiger partial charge in [0.05, 0.1) is 0 Å². The molecule has 6 heteroatoms. The van der Waals surface area contributed by atoms with Gasteiger partial charge in [0, 0.05) is 15.1 Å². The summed E-state index contributed by atoms with van der Waals surface area (Å²) in [5.74, 6) is 0.533. The van der Waals surface area contributed by atoms with Crippen LogP contribution in [0, 0.1) is 11.3 Å². The Morgan fingerprint density at radius 3 is 2.84 bits per heavy atom. The van der Waals surface area contributed by atoms with Crippen molar-refractivity contribution in [1.82, 2.24) is 14.6 Å². The van der Waals surface area contributed by atoms with Gasteiger partial charge in [-0.3, -0.25) is 0 Å². The molecular weight excluding hydrogens is 328 g/mol. The number of nitriles is 1. The first kappa shape index (κ1) is 12.2. The molecular formula is C13H6BrClN4. The van der Waals surface area contributed by atoms with Crippen LogP contribution in [0.15, 0.2) is 40.9 Å². The van der Waals surface area contributed by atoms with E-state index >= 15 is 0 Å². The minimum Gasteiger partial charge on any atom is -0.207 e. The van der Waals surface area contributed by atoms with E-state index < -0.39 is 0 Å². The molecule has 3 rings (SSSR count). The summed E-state index contributed by atoms with van der Waals surface area (Å²) in [6.45, 7) is 0. The third-order valence-corrected chi connectivity index (χ3v) is 3.27. The standard InChI is InChI=1S/C13H6BrClN4/c14-9-4-8(5-10(15)6-9)13-17-12-3-1-2-11(7-16)19(12)18-13/h1-6H. The predicted octanol–water partition coefficient (Wildman–Crippen LogP) is 3.68. The second-order valence-corrected chi connectivity index (χ2v) is 5.24. The topological polar surface area (TPSA) is 54.0 Å². The summed E-state index contributed by atoms with van der Waals surface area (Å²) in [7, 11) is 0. The van der Waals surface area contributed by atoms with Crippen LogP contribution < -0.4 is 0 Å². The van der Waals surface area contributed by atoms with Gasteiger partial charge in [0.2, 0.25) is 0 Å². The molecule has 4 nitrogen and oxygen atoms in total. The van der Waals surface area contributed by atoms with E-state index in [1.807, 2.05) is 6.07 Å². The van der Waals surface area contributed by atoms with Crippen molar-refractivity contribution in [2.45, 2.75) is 0 Å². The number of pyridine rings is 1. The Hall–Kier alpha value is -1.90. The summed E-state index contributed by atoms with van der Waals surface area (Å²) >= 11 is 9.40. The quantitative estimate of drug-likeness (QED) is 0.682. The highest BCUT2D eigenvalue weighted by Crippen LogP contribution is 2.25. The molecule has 3 aromatic rings. The largest absolute Gasteiger partial charge is 0.207 e. The number of rotatable bonds is 1. The zero-order valence-corrected chi connectivity index (χ0v) is 11.9. The number of hydrogen-bond acceptors (Lipinski definition) is 3. The van der Waals surface area contributed by atoms with Crippen molar-refractivity contribution in [2.24, 2.45) is 0 Å². The Morgan fingerprint density at radius 2 is 2.11 bits per heavy atom. The summed E-state index contributed by atoms with van der Waals surface area (Å²) in [5, 5.41) is 14.0. The first-order valence-electron chi connectivity index (χ1n) is 5.40. The van der Waals surface area contributed by atoms with Crippen LogP contribution in [0.5, 0.6) is 0 Å². The Labute approximate surface area is 122 Å². The lowest BCUT2D eigenvalue weighted by atomic mass is 10.2. The molecule has 0 aliphatic carbocycles. The normalized spacial score (nSPS) is 10.6. The highest BCUT2D eigenvalue weighted by molar-refractivity contribution is 9.10. The van der Waals surface area contributed by atoms with Gasteiger partial charge in [0.15, 0.2) is 11.5 Å². The molecule has 0 saturated heterocycles. The fraction of sp³-hybridized carbons (Fsp3) is 0. The first-order chi connectivity index (χ1) is 9.17. The van der Waals surface area contributed by atoms with Crippen molar-refractivity contribution >= 4 is 33.2 Å². The summed E-state index contributed by atoms with van der Waals surface area (Å²) in [4.78, 5) is 4.40. The molecule has 0 radical (unpaired) electrons. The van der Waals surface area contributed by atoms with Crippen molar-refractivity contribution < 1.29 is 0 Å². The summed E-state index contributed by atoms with van der Waals surface area (Å²) in [5.41, 5.74) is 1.87. The molecule has 2 aromatic heterocycles. The van der Waals surface area contributed by atoms with Gasteiger partial charge in [-0.1, -0.05) is 33.6 Å². The van der Waals surface area contributed by atoms with E-state index in [0.29, 0.717) is 22.2 Å². The average Bonchev–Trinajstić information content (AvgIpc) is 2.81. The van der Waals surface area contributed by atoms with Crippen LogP contribution in [-0.2, 0) is 0 Å². The molecule has 1 aromatic carbocycles. The maximum Gasteiger partial charge on any atom is 0.182 e. The Morgan fingerprint density at radius 1 is 1.26 bits per heavy atom. The monoisotopic (exact) mass is 332 g/mol. The number of halogens is 2. The molecule has 0 bridgehead atoms. The minimum absolute atomic E-state index is 0.442. The fourth-order valence-electron chi connectivity index (χ4n) is 1.80. The van der Waals surface area contributed by atoms with Crippen molar-refractivity contribution in [3.05, 3.63) is 51.6 Å². The van der Waals surface area contributed by atoms with Crippen LogP contribution in [0.25, 0.3) is 17.0 Å². The van der Waals surface area contributed by atoms with Crippen molar-refractivity contribution in [3.63, 3.8) is 0 Å². The molecule has 0 amide bonds. The fourth-order valence-corrected chi connectivity index (χ4v) is 2.66. The number of fused-ring (bicyclic) bond motifs is 1. The molecule has 19 heavy (non-hydrogen) atoms. The summed E-state index contributed by atoms with van der Waals surface area (Å²) < 4.78 is 2.37. The maximum absolute atomic E-state index is 9.04. The van der Waals surface area contributed by atoms with Crippen LogP contribution >= 0.6 is 27.5 Å². The van der Waals surface area contributed by atoms with E-state index in [9.17, 15) is 0 Å². The zero-order valence-electron chi connectivity index (χ0n) is 9.51. The van der Waals surface area contributed by atoms with Crippen LogP contribution in [0.3, 0.4) is 0 Å². The van der Waals surface area contributed by atoms with E-state index in [1.165, 1.54) is 4.52 Å². The van der Waals surface area contributed by atoms with Gasteiger partial charge in [-0.15, -0.1) is 5.10 Å². The molecule has 2 heterocycles. The van der Waals surface area contributed by atoms with Crippen LogP contribution in [0.2, 0.25) is 5.02 Å². The molecule has 0 saturated carbocycles. The van der Waals surface area contributed by atoms with E-state index in [1.54, 1.807) is 30.3 Å². The molecule has 0 aliphatic heterocycles. The number of hydrogen-bond donors (Lipinski definition) is 0. The lowest BCUT2D eigenvalue weighted by Crippen LogP contribution is -1.93. The Bertz CT molecular complexity index is 799. The molecule has 0 spiro atoms.